The molecule has 1 aromatic heterocycles. The number of carbonyl (C=O) groups excluding carboxylic acids is 3. The van der Waals surface area contributed by atoms with Crippen molar-refractivity contribution < 1.29 is 14.4 Å². The van der Waals surface area contributed by atoms with Crippen LogP contribution in [0.2, 0.25) is 0 Å². The molecular formula is C22H29IN6O3. The van der Waals surface area contributed by atoms with Crippen LogP contribution in [-0.2, 0) is 14.4 Å². The van der Waals surface area contributed by atoms with Crippen molar-refractivity contribution in [2.24, 2.45) is 28.7 Å². The summed E-state index contributed by atoms with van der Waals surface area (Å²) in [5, 5.41) is 8.93. The molecule has 2 heterocycles. The first-order valence-electron chi connectivity index (χ1n) is 10.7. The summed E-state index contributed by atoms with van der Waals surface area (Å²) < 4.78 is 0. The summed E-state index contributed by atoms with van der Waals surface area (Å²) in [7, 11) is 1.63. The minimum atomic E-state index is -0.165. The van der Waals surface area contributed by atoms with E-state index in [1.165, 1.54) is 4.90 Å². The standard InChI is InChI=1S/C22H28N6O3.HI/c1-13-4-3-5-16(26-13)27-17(29)8-9-24-22(23-2)25-10-11-28-20(30)18-14-6-7-15(12-14)19(18)21(28)31;/h3-7,14-15,18-19H,8-12H2,1-2H3,(H2,23,24,25)(H,26,27,29);1H. The number of allylic oxidation sites excluding steroid dienone is 2. The van der Waals surface area contributed by atoms with Gasteiger partial charge >= 0.3 is 0 Å². The Morgan fingerprint density at radius 3 is 2.41 bits per heavy atom. The number of amides is 3. The lowest BCUT2D eigenvalue weighted by molar-refractivity contribution is -0.140. The summed E-state index contributed by atoms with van der Waals surface area (Å²) in [6.07, 6.45) is 5.37. The number of halogens is 1. The number of aryl methyl sites for hydroxylation is 1. The fourth-order valence-electron chi connectivity index (χ4n) is 4.80. The number of hydrogen-bond acceptors (Lipinski definition) is 5. The quantitative estimate of drug-likeness (QED) is 0.155. The Morgan fingerprint density at radius 2 is 1.78 bits per heavy atom. The number of nitrogens with zero attached hydrogens (tertiary/aromatic N) is 3. The zero-order valence-electron chi connectivity index (χ0n) is 18.2. The van der Waals surface area contributed by atoms with Gasteiger partial charge in [0.05, 0.1) is 11.8 Å². The van der Waals surface area contributed by atoms with Crippen LogP contribution in [-0.4, -0.2) is 60.2 Å². The van der Waals surface area contributed by atoms with Gasteiger partial charge in [-0.3, -0.25) is 24.3 Å². The van der Waals surface area contributed by atoms with Crippen LogP contribution in [0.25, 0.3) is 0 Å². The fourth-order valence-corrected chi connectivity index (χ4v) is 4.80. The lowest BCUT2D eigenvalue weighted by Crippen LogP contribution is -2.44. The van der Waals surface area contributed by atoms with Crippen molar-refractivity contribution in [3.63, 3.8) is 0 Å². The highest BCUT2D eigenvalue weighted by atomic mass is 127. The fraction of sp³-hybridized carbons (Fsp3) is 0.500. The number of imide groups is 1. The molecule has 2 aliphatic carbocycles. The van der Waals surface area contributed by atoms with Crippen LogP contribution in [0, 0.1) is 30.6 Å². The number of hydrogen-bond donors (Lipinski definition) is 3. The van der Waals surface area contributed by atoms with Crippen molar-refractivity contribution >= 4 is 53.5 Å². The molecule has 1 aliphatic heterocycles. The predicted octanol–water partition coefficient (Wildman–Crippen LogP) is 1.31. The second kappa shape index (κ2) is 10.4. The molecular weight excluding hydrogens is 523 g/mol. The molecule has 4 atom stereocenters. The third-order valence-electron chi connectivity index (χ3n) is 6.21. The average Bonchev–Trinajstić information content (AvgIpc) is 3.42. The van der Waals surface area contributed by atoms with Crippen molar-refractivity contribution in [3.8, 4) is 0 Å². The zero-order chi connectivity index (χ0) is 22.0. The van der Waals surface area contributed by atoms with E-state index in [-0.39, 0.29) is 71.8 Å². The van der Waals surface area contributed by atoms with Gasteiger partial charge in [0.2, 0.25) is 17.7 Å². The van der Waals surface area contributed by atoms with Gasteiger partial charge in [-0.25, -0.2) is 4.98 Å². The molecule has 1 saturated heterocycles. The summed E-state index contributed by atoms with van der Waals surface area (Å²) in [6, 6.07) is 5.45. The minimum absolute atomic E-state index is 0. The van der Waals surface area contributed by atoms with Crippen LogP contribution in [0.3, 0.4) is 0 Å². The Kier molecular flexibility index (Phi) is 7.86. The third kappa shape index (κ3) is 4.94. The lowest BCUT2D eigenvalue weighted by Gasteiger charge is -2.18. The third-order valence-corrected chi connectivity index (χ3v) is 6.21. The number of nitrogens with one attached hydrogen (secondary N) is 3. The van der Waals surface area contributed by atoms with Gasteiger partial charge in [0.15, 0.2) is 5.96 Å². The Hall–Kier alpha value is -2.50. The maximum Gasteiger partial charge on any atom is 0.233 e. The van der Waals surface area contributed by atoms with Crippen molar-refractivity contribution in [2.45, 2.75) is 19.8 Å². The second-order valence-electron chi connectivity index (χ2n) is 8.22. The zero-order valence-corrected chi connectivity index (χ0v) is 20.5. The van der Waals surface area contributed by atoms with Crippen LogP contribution in [0.1, 0.15) is 18.5 Å². The van der Waals surface area contributed by atoms with Crippen LogP contribution in [0.15, 0.2) is 35.3 Å². The van der Waals surface area contributed by atoms with Gasteiger partial charge in [-0.1, -0.05) is 18.2 Å². The predicted molar refractivity (Wildman–Crippen MR) is 131 cm³/mol. The highest BCUT2D eigenvalue weighted by Crippen LogP contribution is 2.52. The molecule has 0 spiro atoms. The van der Waals surface area contributed by atoms with E-state index in [0.29, 0.717) is 31.4 Å². The number of carbonyl (C=O) groups is 3. The highest BCUT2D eigenvalue weighted by Gasteiger charge is 2.58. The van der Waals surface area contributed by atoms with E-state index in [1.54, 1.807) is 13.1 Å². The summed E-state index contributed by atoms with van der Waals surface area (Å²) >= 11 is 0. The SMILES string of the molecule is CN=C(NCCC(=O)Nc1cccc(C)n1)NCCN1C(=O)C2C3C=CC(C3)C2C1=O.I. The maximum atomic E-state index is 12.7. The van der Waals surface area contributed by atoms with Crippen molar-refractivity contribution in [2.75, 3.05) is 32.0 Å². The molecule has 10 heteroatoms. The molecule has 3 amide bonds. The van der Waals surface area contributed by atoms with Gasteiger partial charge in [-0.15, -0.1) is 24.0 Å². The molecule has 2 fully saturated rings. The topological polar surface area (TPSA) is 116 Å². The number of likely N-dealkylation sites (tertiary alicyclic amines) is 1. The highest BCUT2D eigenvalue weighted by molar-refractivity contribution is 14.0. The molecule has 172 valence electrons. The van der Waals surface area contributed by atoms with Crippen molar-refractivity contribution in [3.05, 3.63) is 36.0 Å². The number of rotatable bonds is 7. The first kappa shape index (κ1) is 24.1. The van der Waals surface area contributed by atoms with Crippen LogP contribution < -0.4 is 16.0 Å². The molecule has 4 unspecified atom stereocenters. The van der Waals surface area contributed by atoms with Crippen molar-refractivity contribution in [1.29, 1.82) is 0 Å². The normalized spacial score (nSPS) is 25.6. The number of fused-ring (bicyclic) bond motifs is 5. The van der Waals surface area contributed by atoms with Gasteiger partial charge in [0.1, 0.15) is 5.82 Å². The number of guanidine groups is 1. The van der Waals surface area contributed by atoms with E-state index in [4.69, 9.17) is 0 Å². The summed E-state index contributed by atoms with van der Waals surface area (Å²) in [6.45, 7) is 2.96. The lowest BCUT2D eigenvalue weighted by atomic mass is 9.85. The van der Waals surface area contributed by atoms with E-state index in [1.807, 2.05) is 19.1 Å². The van der Waals surface area contributed by atoms with Crippen LogP contribution in [0.5, 0.6) is 0 Å². The first-order chi connectivity index (χ1) is 15.0. The van der Waals surface area contributed by atoms with Gasteiger partial charge in [-0.05, 0) is 37.3 Å². The van der Waals surface area contributed by atoms with E-state index >= 15 is 0 Å². The van der Waals surface area contributed by atoms with Gasteiger partial charge in [-0.2, -0.15) is 0 Å². The first-order valence-corrected chi connectivity index (χ1v) is 10.7. The smallest absolute Gasteiger partial charge is 0.233 e. The van der Waals surface area contributed by atoms with Gasteiger partial charge in [0, 0.05) is 38.8 Å². The Balaban J connectivity index is 0.00000289. The minimum Gasteiger partial charge on any atom is -0.356 e. The van der Waals surface area contributed by atoms with Crippen LogP contribution >= 0.6 is 24.0 Å². The molecule has 0 aromatic carbocycles. The molecule has 9 nitrogen and oxygen atoms in total. The van der Waals surface area contributed by atoms with E-state index in [2.05, 4.69) is 38.1 Å². The number of pyridine rings is 1. The molecule has 4 rings (SSSR count). The van der Waals surface area contributed by atoms with E-state index in [9.17, 15) is 14.4 Å². The molecule has 2 bridgehead atoms. The molecule has 0 radical (unpaired) electrons. The molecule has 1 saturated carbocycles. The number of anilines is 1. The summed E-state index contributed by atoms with van der Waals surface area (Å²) in [4.78, 5) is 47.2. The second-order valence-corrected chi connectivity index (χ2v) is 8.22. The van der Waals surface area contributed by atoms with Crippen LogP contribution in [0.4, 0.5) is 5.82 Å². The largest absolute Gasteiger partial charge is 0.356 e. The number of aromatic nitrogens is 1. The van der Waals surface area contributed by atoms with Crippen molar-refractivity contribution in [1.82, 2.24) is 20.5 Å². The van der Waals surface area contributed by atoms with Gasteiger partial charge in [0.25, 0.3) is 0 Å². The Morgan fingerprint density at radius 1 is 1.12 bits per heavy atom. The maximum absolute atomic E-state index is 12.7. The Bertz CT molecular complexity index is 919. The Labute approximate surface area is 204 Å². The summed E-state index contributed by atoms with van der Waals surface area (Å²) in [5.41, 5.74) is 0.836. The molecule has 32 heavy (non-hydrogen) atoms. The van der Waals surface area contributed by atoms with E-state index < -0.39 is 0 Å². The average molecular weight is 552 g/mol. The number of aliphatic imine (C=N–C) groups is 1. The van der Waals surface area contributed by atoms with Gasteiger partial charge < -0.3 is 16.0 Å². The molecule has 3 aliphatic rings. The molecule has 3 N–H and O–H groups in total. The summed E-state index contributed by atoms with van der Waals surface area (Å²) in [5.74, 6) is 0.922. The monoisotopic (exact) mass is 552 g/mol. The van der Waals surface area contributed by atoms with E-state index in [0.717, 1.165) is 12.1 Å². The molecule has 1 aromatic rings.